The van der Waals surface area contributed by atoms with Crippen molar-refractivity contribution in [1.82, 2.24) is 0 Å². The summed E-state index contributed by atoms with van der Waals surface area (Å²) in [5, 5.41) is 9.29. The highest BCUT2D eigenvalue weighted by Gasteiger charge is 2.35. The lowest BCUT2D eigenvalue weighted by Gasteiger charge is -2.21. The van der Waals surface area contributed by atoms with Crippen LogP contribution in [-0.2, 0) is 6.18 Å². The van der Waals surface area contributed by atoms with Crippen molar-refractivity contribution >= 4 is 24.0 Å². The van der Waals surface area contributed by atoms with E-state index in [9.17, 15) is 18.3 Å². The zero-order valence-electron chi connectivity index (χ0n) is 10.2. The first-order chi connectivity index (χ1) is 8.29. The van der Waals surface area contributed by atoms with Gasteiger partial charge in [-0.3, -0.25) is 0 Å². The molecule has 0 amide bonds. The van der Waals surface area contributed by atoms with Gasteiger partial charge in [-0.05, 0) is 18.1 Å². The summed E-state index contributed by atoms with van der Waals surface area (Å²) in [4.78, 5) is 0. The normalized spacial score (nSPS) is 14.7. The molecule has 0 radical (unpaired) electrons. The van der Waals surface area contributed by atoms with Crippen LogP contribution in [0.2, 0.25) is 5.02 Å². The molecule has 0 heterocycles. The summed E-state index contributed by atoms with van der Waals surface area (Å²) in [6.07, 6.45) is -4.34. The second kappa shape index (κ2) is 7.33. The maximum Gasteiger partial charge on any atom is 0.417 e. The van der Waals surface area contributed by atoms with Gasteiger partial charge in [-0.15, -0.1) is 12.4 Å². The fourth-order valence-electron chi connectivity index (χ4n) is 1.71. The molecule has 1 aromatic carbocycles. The molecule has 0 unspecified atom stereocenters. The van der Waals surface area contributed by atoms with Crippen LogP contribution in [-0.4, -0.2) is 11.2 Å². The van der Waals surface area contributed by atoms with E-state index in [1.54, 1.807) is 0 Å². The van der Waals surface area contributed by atoms with E-state index in [-0.39, 0.29) is 18.0 Å². The Morgan fingerprint density at radius 1 is 1.37 bits per heavy atom. The SMILES string of the molecule is CCC[C@H](O)[C@H](N)c1cccc(C(F)(F)F)c1Cl.Cl. The van der Waals surface area contributed by atoms with Gasteiger partial charge >= 0.3 is 6.18 Å². The zero-order valence-corrected chi connectivity index (χ0v) is 11.8. The molecule has 0 aliphatic rings. The number of halogens is 5. The lowest BCUT2D eigenvalue weighted by molar-refractivity contribution is -0.137. The summed E-state index contributed by atoms with van der Waals surface area (Å²) in [5.74, 6) is 0. The van der Waals surface area contributed by atoms with Crippen molar-refractivity contribution in [1.29, 1.82) is 0 Å². The van der Waals surface area contributed by atoms with Crippen molar-refractivity contribution in [2.75, 3.05) is 0 Å². The van der Waals surface area contributed by atoms with E-state index in [0.717, 1.165) is 6.07 Å². The Morgan fingerprint density at radius 2 is 1.95 bits per heavy atom. The highest BCUT2D eigenvalue weighted by molar-refractivity contribution is 6.32. The average molecular weight is 318 g/mol. The van der Waals surface area contributed by atoms with Crippen molar-refractivity contribution in [3.63, 3.8) is 0 Å². The number of nitrogens with two attached hydrogens (primary N) is 1. The average Bonchev–Trinajstić information content (AvgIpc) is 2.27. The molecule has 3 N–H and O–H groups in total. The zero-order chi connectivity index (χ0) is 13.9. The summed E-state index contributed by atoms with van der Waals surface area (Å²) in [7, 11) is 0. The van der Waals surface area contributed by atoms with E-state index in [4.69, 9.17) is 17.3 Å². The molecule has 0 aliphatic carbocycles. The summed E-state index contributed by atoms with van der Waals surface area (Å²) in [6, 6.07) is 2.62. The Bertz CT molecular complexity index is 412. The Hall–Kier alpha value is -0.490. The number of rotatable bonds is 4. The van der Waals surface area contributed by atoms with E-state index in [2.05, 4.69) is 0 Å². The van der Waals surface area contributed by atoms with E-state index < -0.39 is 28.9 Å². The molecule has 110 valence electrons. The fraction of sp³-hybridized carbons (Fsp3) is 0.500. The van der Waals surface area contributed by atoms with Crippen molar-refractivity contribution < 1.29 is 18.3 Å². The van der Waals surface area contributed by atoms with Gasteiger partial charge < -0.3 is 10.8 Å². The molecular weight excluding hydrogens is 302 g/mol. The van der Waals surface area contributed by atoms with Gasteiger partial charge in [0.15, 0.2) is 0 Å². The molecule has 1 aromatic rings. The molecule has 1 rings (SSSR count). The van der Waals surface area contributed by atoms with Crippen LogP contribution in [0.4, 0.5) is 13.2 Å². The van der Waals surface area contributed by atoms with Gasteiger partial charge in [0.2, 0.25) is 0 Å². The molecule has 0 aromatic heterocycles. The molecular formula is C12H16Cl2F3NO. The van der Waals surface area contributed by atoms with Crippen LogP contribution in [0.15, 0.2) is 18.2 Å². The van der Waals surface area contributed by atoms with Gasteiger partial charge in [0.05, 0.1) is 22.7 Å². The largest absolute Gasteiger partial charge is 0.417 e. The van der Waals surface area contributed by atoms with Crippen molar-refractivity contribution in [2.24, 2.45) is 5.73 Å². The topological polar surface area (TPSA) is 46.2 Å². The van der Waals surface area contributed by atoms with Crippen LogP contribution < -0.4 is 5.73 Å². The predicted octanol–water partition coefficient (Wildman–Crippen LogP) is 3.94. The molecule has 2 nitrogen and oxygen atoms in total. The van der Waals surface area contributed by atoms with Crippen molar-refractivity contribution in [2.45, 2.75) is 38.1 Å². The monoisotopic (exact) mass is 317 g/mol. The van der Waals surface area contributed by atoms with E-state index >= 15 is 0 Å². The molecule has 2 atom stereocenters. The minimum Gasteiger partial charge on any atom is -0.391 e. The third-order valence-corrected chi connectivity index (χ3v) is 3.11. The minimum absolute atomic E-state index is 0. The minimum atomic E-state index is -4.53. The summed E-state index contributed by atoms with van der Waals surface area (Å²) in [6.45, 7) is 1.85. The summed E-state index contributed by atoms with van der Waals surface area (Å²) < 4.78 is 38.0. The summed E-state index contributed by atoms with van der Waals surface area (Å²) in [5.41, 5.74) is 4.92. The molecule has 0 bridgehead atoms. The second-order valence-corrected chi connectivity index (χ2v) is 4.47. The fourth-order valence-corrected chi connectivity index (χ4v) is 2.07. The standard InChI is InChI=1S/C12H15ClF3NO.ClH/c1-2-4-9(18)11(17)7-5-3-6-8(10(7)13)12(14,15)16;/h3,5-6,9,11,18H,2,4,17H2,1H3;1H/t9-,11+;/m0./s1. The number of alkyl halides is 3. The number of hydrogen-bond acceptors (Lipinski definition) is 2. The van der Waals surface area contributed by atoms with Crippen LogP contribution >= 0.6 is 24.0 Å². The van der Waals surface area contributed by atoms with Crippen molar-refractivity contribution in [3.8, 4) is 0 Å². The molecule has 7 heteroatoms. The number of benzene rings is 1. The first-order valence-electron chi connectivity index (χ1n) is 5.58. The maximum atomic E-state index is 12.7. The molecule has 19 heavy (non-hydrogen) atoms. The highest BCUT2D eigenvalue weighted by Crippen LogP contribution is 2.38. The van der Waals surface area contributed by atoms with Gasteiger partial charge in [-0.25, -0.2) is 0 Å². The van der Waals surface area contributed by atoms with Gasteiger partial charge in [-0.1, -0.05) is 37.1 Å². The number of aliphatic hydroxyl groups is 1. The second-order valence-electron chi connectivity index (χ2n) is 4.09. The predicted molar refractivity (Wildman–Crippen MR) is 71.5 cm³/mol. The third kappa shape index (κ3) is 4.53. The molecule has 0 saturated heterocycles. The first kappa shape index (κ1) is 18.5. The van der Waals surface area contributed by atoms with E-state index in [1.165, 1.54) is 12.1 Å². The molecule has 0 aliphatic heterocycles. The van der Waals surface area contributed by atoms with Gasteiger partial charge in [0.25, 0.3) is 0 Å². The van der Waals surface area contributed by atoms with Gasteiger partial charge in [0, 0.05) is 0 Å². The number of aliphatic hydroxyl groups excluding tert-OH is 1. The first-order valence-corrected chi connectivity index (χ1v) is 5.96. The molecule has 0 saturated carbocycles. The van der Waals surface area contributed by atoms with Gasteiger partial charge in [0.1, 0.15) is 0 Å². The van der Waals surface area contributed by atoms with Crippen LogP contribution in [0.25, 0.3) is 0 Å². The lowest BCUT2D eigenvalue weighted by atomic mass is 9.97. The molecule has 0 spiro atoms. The Balaban J connectivity index is 0.00000324. The Labute approximate surface area is 121 Å². The maximum absolute atomic E-state index is 12.7. The Morgan fingerprint density at radius 3 is 2.42 bits per heavy atom. The molecule has 0 fully saturated rings. The lowest BCUT2D eigenvalue weighted by Crippen LogP contribution is -2.26. The third-order valence-electron chi connectivity index (χ3n) is 2.69. The van der Waals surface area contributed by atoms with Crippen LogP contribution in [0.5, 0.6) is 0 Å². The van der Waals surface area contributed by atoms with E-state index in [0.29, 0.717) is 12.8 Å². The Kier molecular flexibility index (Phi) is 7.15. The van der Waals surface area contributed by atoms with Gasteiger partial charge in [-0.2, -0.15) is 13.2 Å². The van der Waals surface area contributed by atoms with E-state index in [1.807, 2.05) is 6.92 Å². The number of hydrogen-bond donors (Lipinski definition) is 2. The van der Waals surface area contributed by atoms with Crippen LogP contribution in [0.3, 0.4) is 0 Å². The van der Waals surface area contributed by atoms with Crippen molar-refractivity contribution in [3.05, 3.63) is 34.3 Å². The smallest absolute Gasteiger partial charge is 0.391 e. The van der Waals surface area contributed by atoms with Crippen LogP contribution in [0.1, 0.15) is 36.9 Å². The van der Waals surface area contributed by atoms with Crippen LogP contribution in [0, 0.1) is 0 Å². The highest BCUT2D eigenvalue weighted by atomic mass is 35.5. The summed E-state index contributed by atoms with van der Waals surface area (Å²) >= 11 is 5.72. The quantitative estimate of drug-likeness (QED) is 0.883.